The number of oxazole rings is 1. The Morgan fingerprint density at radius 1 is 1.24 bits per heavy atom. The van der Waals surface area contributed by atoms with Gasteiger partial charge in [0, 0.05) is 31.2 Å². The summed E-state index contributed by atoms with van der Waals surface area (Å²) >= 11 is 1.74. The van der Waals surface area contributed by atoms with E-state index in [0.29, 0.717) is 23.9 Å². The van der Waals surface area contributed by atoms with E-state index in [9.17, 15) is 4.79 Å². The van der Waals surface area contributed by atoms with Crippen molar-refractivity contribution in [1.82, 2.24) is 9.88 Å². The number of hydrogen-bond donors (Lipinski definition) is 0. The second-order valence-electron chi connectivity index (χ2n) is 5.04. The van der Waals surface area contributed by atoms with Crippen LogP contribution in [-0.4, -0.2) is 35.1 Å². The number of carbonyl (C=O) groups excluding carboxylic acids is 1. The third-order valence-electron chi connectivity index (χ3n) is 3.16. The summed E-state index contributed by atoms with van der Waals surface area (Å²) in [5.41, 5.74) is 1.90. The zero-order chi connectivity index (χ0) is 15.4. The molecule has 2 aromatic rings. The van der Waals surface area contributed by atoms with Gasteiger partial charge in [-0.1, -0.05) is 17.7 Å². The number of hydrogen-bond acceptors (Lipinski definition) is 4. The van der Waals surface area contributed by atoms with Crippen molar-refractivity contribution < 1.29 is 9.21 Å². The van der Waals surface area contributed by atoms with Crippen molar-refractivity contribution in [1.29, 1.82) is 0 Å². The molecule has 0 N–H and O–H groups in total. The van der Waals surface area contributed by atoms with Gasteiger partial charge in [-0.3, -0.25) is 4.79 Å². The van der Waals surface area contributed by atoms with E-state index in [2.05, 4.69) is 36.2 Å². The van der Waals surface area contributed by atoms with E-state index < -0.39 is 0 Å². The molecular weight excluding hydrogens is 284 g/mol. The fourth-order valence-electron chi connectivity index (χ4n) is 1.94. The molecule has 0 aliphatic heterocycles. The van der Waals surface area contributed by atoms with Crippen LogP contribution in [0.15, 0.2) is 33.6 Å². The summed E-state index contributed by atoms with van der Waals surface area (Å²) < 4.78 is 5.37. The number of aromatic nitrogens is 1. The van der Waals surface area contributed by atoms with Gasteiger partial charge in [-0.05, 0) is 26.0 Å². The highest BCUT2D eigenvalue weighted by Crippen LogP contribution is 2.18. The van der Waals surface area contributed by atoms with Crippen molar-refractivity contribution in [2.45, 2.75) is 25.7 Å². The van der Waals surface area contributed by atoms with Gasteiger partial charge < -0.3 is 9.32 Å². The molecule has 0 saturated heterocycles. The van der Waals surface area contributed by atoms with E-state index in [1.165, 1.54) is 10.5 Å². The molecule has 0 atom stereocenters. The average molecular weight is 304 g/mol. The van der Waals surface area contributed by atoms with Crippen molar-refractivity contribution in [2.24, 2.45) is 0 Å². The summed E-state index contributed by atoms with van der Waals surface area (Å²) in [4.78, 5) is 19.3. The van der Waals surface area contributed by atoms with Crippen LogP contribution in [0.1, 0.15) is 27.7 Å². The molecule has 0 radical (unpaired) electrons. The van der Waals surface area contributed by atoms with Crippen molar-refractivity contribution in [2.75, 3.05) is 19.3 Å². The molecule has 4 nitrogen and oxygen atoms in total. The monoisotopic (exact) mass is 304 g/mol. The molecule has 0 fully saturated rings. The first kappa shape index (κ1) is 15.6. The van der Waals surface area contributed by atoms with Crippen LogP contribution in [0.25, 0.3) is 0 Å². The molecule has 0 aliphatic rings. The maximum Gasteiger partial charge on any atom is 0.291 e. The Morgan fingerprint density at radius 2 is 1.90 bits per heavy atom. The van der Waals surface area contributed by atoms with Gasteiger partial charge in [0.05, 0.1) is 5.69 Å². The summed E-state index contributed by atoms with van der Waals surface area (Å²) in [6.45, 7) is 6.27. The highest BCUT2D eigenvalue weighted by molar-refractivity contribution is 7.99. The Labute approximate surface area is 129 Å². The Kier molecular flexibility index (Phi) is 5.07. The predicted molar refractivity (Wildman–Crippen MR) is 84.8 cm³/mol. The van der Waals surface area contributed by atoms with Crippen LogP contribution in [0.3, 0.4) is 0 Å². The maximum absolute atomic E-state index is 12.2. The lowest BCUT2D eigenvalue weighted by atomic mass is 10.2. The number of aryl methyl sites for hydroxylation is 3. The van der Waals surface area contributed by atoms with E-state index in [1.54, 1.807) is 37.6 Å². The van der Waals surface area contributed by atoms with Gasteiger partial charge in [0.2, 0.25) is 5.76 Å². The van der Waals surface area contributed by atoms with Crippen LogP contribution in [-0.2, 0) is 0 Å². The minimum atomic E-state index is -0.113. The van der Waals surface area contributed by atoms with E-state index in [0.717, 1.165) is 5.75 Å². The van der Waals surface area contributed by atoms with Gasteiger partial charge >= 0.3 is 0 Å². The SMILES string of the molecule is Cc1ccc(SCCN(C)C(=O)c2oc(C)nc2C)cc1. The average Bonchev–Trinajstić information content (AvgIpc) is 2.79. The third kappa shape index (κ3) is 4.11. The topological polar surface area (TPSA) is 46.3 Å². The first-order valence-electron chi connectivity index (χ1n) is 6.86. The molecule has 0 bridgehead atoms. The normalized spacial score (nSPS) is 10.7. The van der Waals surface area contributed by atoms with Gasteiger partial charge in [-0.15, -0.1) is 11.8 Å². The summed E-state index contributed by atoms with van der Waals surface area (Å²) in [7, 11) is 1.79. The third-order valence-corrected chi connectivity index (χ3v) is 4.15. The Hall–Kier alpha value is -1.75. The molecule has 112 valence electrons. The fourth-order valence-corrected chi connectivity index (χ4v) is 2.87. The van der Waals surface area contributed by atoms with E-state index in [4.69, 9.17) is 4.42 Å². The molecule has 1 amide bonds. The molecule has 0 spiro atoms. The fraction of sp³-hybridized carbons (Fsp3) is 0.375. The number of nitrogens with zero attached hydrogens (tertiary/aromatic N) is 2. The number of thioether (sulfide) groups is 1. The smallest absolute Gasteiger partial charge is 0.291 e. The van der Waals surface area contributed by atoms with Crippen molar-refractivity contribution in [3.05, 3.63) is 47.2 Å². The first-order valence-corrected chi connectivity index (χ1v) is 7.85. The van der Waals surface area contributed by atoms with Gasteiger partial charge in [-0.25, -0.2) is 4.98 Å². The highest BCUT2D eigenvalue weighted by atomic mass is 32.2. The van der Waals surface area contributed by atoms with E-state index in [-0.39, 0.29) is 5.91 Å². The van der Waals surface area contributed by atoms with Gasteiger partial charge in [0.25, 0.3) is 5.91 Å². The van der Waals surface area contributed by atoms with Crippen LogP contribution < -0.4 is 0 Å². The summed E-state index contributed by atoms with van der Waals surface area (Å²) in [6, 6.07) is 8.40. The second-order valence-corrected chi connectivity index (χ2v) is 6.20. The molecule has 5 heteroatoms. The summed E-state index contributed by atoms with van der Waals surface area (Å²) in [5.74, 6) is 1.60. The Bertz CT molecular complexity index is 620. The highest BCUT2D eigenvalue weighted by Gasteiger charge is 2.19. The van der Waals surface area contributed by atoms with Crippen LogP contribution in [0.5, 0.6) is 0 Å². The Balaban J connectivity index is 1.87. The molecule has 2 rings (SSSR count). The molecule has 1 aromatic carbocycles. The molecular formula is C16H20N2O2S. The minimum absolute atomic E-state index is 0.113. The quantitative estimate of drug-likeness (QED) is 0.794. The molecule has 1 aromatic heterocycles. The van der Waals surface area contributed by atoms with Crippen LogP contribution in [0.2, 0.25) is 0 Å². The predicted octanol–water partition coefficient (Wildman–Crippen LogP) is 3.46. The van der Waals surface area contributed by atoms with Crippen LogP contribution >= 0.6 is 11.8 Å². The summed E-state index contributed by atoms with van der Waals surface area (Å²) in [5, 5.41) is 0. The lowest BCUT2D eigenvalue weighted by Gasteiger charge is -2.15. The van der Waals surface area contributed by atoms with E-state index >= 15 is 0 Å². The van der Waals surface area contributed by atoms with Gasteiger partial charge in [-0.2, -0.15) is 0 Å². The zero-order valence-electron chi connectivity index (χ0n) is 12.8. The first-order chi connectivity index (χ1) is 9.97. The maximum atomic E-state index is 12.2. The van der Waals surface area contributed by atoms with Crippen LogP contribution in [0, 0.1) is 20.8 Å². The van der Waals surface area contributed by atoms with Gasteiger partial charge in [0.15, 0.2) is 5.89 Å². The summed E-state index contributed by atoms with van der Waals surface area (Å²) in [6.07, 6.45) is 0. The van der Waals surface area contributed by atoms with Crippen molar-refractivity contribution in [3.63, 3.8) is 0 Å². The molecule has 0 saturated carbocycles. The number of amides is 1. The van der Waals surface area contributed by atoms with E-state index in [1.807, 2.05) is 0 Å². The second kappa shape index (κ2) is 6.80. The van der Waals surface area contributed by atoms with Gasteiger partial charge in [0.1, 0.15) is 0 Å². The molecule has 0 unspecified atom stereocenters. The number of carbonyl (C=O) groups is 1. The lowest BCUT2D eigenvalue weighted by Crippen LogP contribution is -2.29. The van der Waals surface area contributed by atoms with Crippen molar-refractivity contribution >= 4 is 17.7 Å². The number of rotatable bonds is 5. The van der Waals surface area contributed by atoms with Crippen LogP contribution in [0.4, 0.5) is 0 Å². The largest absolute Gasteiger partial charge is 0.436 e. The Morgan fingerprint density at radius 3 is 2.48 bits per heavy atom. The minimum Gasteiger partial charge on any atom is -0.436 e. The number of benzene rings is 1. The zero-order valence-corrected chi connectivity index (χ0v) is 13.7. The van der Waals surface area contributed by atoms with Crippen molar-refractivity contribution in [3.8, 4) is 0 Å². The lowest BCUT2D eigenvalue weighted by molar-refractivity contribution is 0.0770. The molecule has 21 heavy (non-hydrogen) atoms. The standard InChI is InChI=1S/C16H20N2O2S/c1-11-5-7-14(8-6-11)21-10-9-18(4)16(19)15-12(2)17-13(3)20-15/h5-8H,9-10H2,1-4H3. The molecule has 1 heterocycles. The molecule has 0 aliphatic carbocycles.